The van der Waals surface area contributed by atoms with Gasteiger partial charge < -0.3 is 10.6 Å². The van der Waals surface area contributed by atoms with Gasteiger partial charge in [-0.2, -0.15) is 11.8 Å². The largest absolute Gasteiger partial charge is 0.388 e. The molecule has 1 unspecified atom stereocenters. The summed E-state index contributed by atoms with van der Waals surface area (Å²) in [4.78, 5) is 11.4. The SMILES string of the molecule is Cc1cc(C(N)=S)nc(N2CCSC(C)C2)n1. The lowest BCUT2D eigenvalue weighted by Crippen LogP contribution is -2.38. The molecule has 1 atom stereocenters. The van der Waals surface area contributed by atoms with Crippen LogP contribution in [0.3, 0.4) is 0 Å². The molecule has 0 aromatic carbocycles. The molecular formula is C11H16N4S2. The Kier molecular flexibility index (Phi) is 3.83. The lowest BCUT2D eigenvalue weighted by Gasteiger charge is -2.30. The van der Waals surface area contributed by atoms with Gasteiger partial charge >= 0.3 is 0 Å². The van der Waals surface area contributed by atoms with Gasteiger partial charge in [0.05, 0.1) is 0 Å². The van der Waals surface area contributed by atoms with E-state index in [9.17, 15) is 0 Å². The predicted octanol–water partition coefficient (Wildman–Crippen LogP) is 1.36. The molecule has 0 aliphatic carbocycles. The molecule has 17 heavy (non-hydrogen) atoms. The van der Waals surface area contributed by atoms with Gasteiger partial charge in [0.1, 0.15) is 10.7 Å². The molecule has 92 valence electrons. The van der Waals surface area contributed by atoms with Crippen LogP contribution in [0.15, 0.2) is 6.07 Å². The van der Waals surface area contributed by atoms with Gasteiger partial charge in [0, 0.05) is 29.8 Å². The average Bonchev–Trinajstić information content (AvgIpc) is 2.28. The van der Waals surface area contributed by atoms with Crippen molar-refractivity contribution in [2.45, 2.75) is 19.1 Å². The molecule has 0 saturated carbocycles. The molecule has 1 fully saturated rings. The number of nitrogens with zero attached hydrogens (tertiary/aromatic N) is 3. The van der Waals surface area contributed by atoms with Crippen molar-refractivity contribution in [3.05, 3.63) is 17.5 Å². The summed E-state index contributed by atoms with van der Waals surface area (Å²) in [7, 11) is 0. The Labute approximate surface area is 111 Å². The second kappa shape index (κ2) is 5.18. The first-order chi connectivity index (χ1) is 8.06. The van der Waals surface area contributed by atoms with E-state index >= 15 is 0 Å². The number of aromatic nitrogens is 2. The normalized spacial score (nSPS) is 20.4. The van der Waals surface area contributed by atoms with Crippen LogP contribution in [0.4, 0.5) is 5.95 Å². The number of hydrogen-bond donors (Lipinski definition) is 1. The van der Waals surface area contributed by atoms with E-state index in [0.717, 1.165) is 30.5 Å². The Morgan fingerprint density at radius 2 is 2.35 bits per heavy atom. The fourth-order valence-electron chi connectivity index (χ4n) is 1.82. The zero-order valence-corrected chi connectivity index (χ0v) is 11.6. The first kappa shape index (κ1) is 12.6. The summed E-state index contributed by atoms with van der Waals surface area (Å²) in [6.45, 7) is 6.12. The van der Waals surface area contributed by atoms with Crippen LogP contribution >= 0.6 is 24.0 Å². The molecule has 1 aromatic rings. The van der Waals surface area contributed by atoms with Gasteiger partial charge in [-0.1, -0.05) is 19.1 Å². The maximum absolute atomic E-state index is 5.63. The topological polar surface area (TPSA) is 55.0 Å². The summed E-state index contributed by atoms with van der Waals surface area (Å²) in [6.07, 6.45) is 0. The van der Waals surface area contributed by atoms with Crippen molar-refractivity contribution in [3.8, 4) is 0 Å². The molecule has 0 spiro atoms. The number of thioether (sulfide) groups is 1. The molecule has 1 aliphatic heterocycles. The number of nitrogens with two attached hydrogens (primary N) is 1. The molecule has 2 rings (SSSR count). The third-order valence-electron chi connectivity index (χ3n) is 2.62. The number of aryl methyl sites for hydroxylation is 1. The van der Waals surface area contributed by atoms with Gasteiger partial charge in [-0.05, 0) is 13.0 Å². The standard InChI is InChI=1S/C11H16N4S2/c1-7-5-9(10(12)16)14-11(13-7)15-3-4-17-8(2)6-15/h5,8H,3-4,6H2,1-2H3,(H2,12,16). The summed E-state index contributed by atoms with van der Waals surface area (Å²) >= 11 is 6.95. The zero-order chi connectivity index (χ0) is 12.4. The maximum atomic E-state index is 5.63. The van der Waals surface area contributed by atoms with Gasteiger partial charge in [0.25, 0.3) is 0 Å². The third-order valence-corrected chi connectivity index (χ3v) is 3.96. The van der Waals surface area contributed by atoms with Crippen LogP contribution in [0.25, 0.3) is 0 Å². The summed E-state index contributed by atoms with van der Waals surface area (Å²) in [5.74, 6) is 1.86. The van der Waals surface area contributed by atoms with Crippen LogP contribution in [0.5, 0.6) is 0 Å². The van der Waals surface area contributed by atoms with Crippen LogP contribution in [0.2, 0.25) is 0 Å². The van der Waals surface area contributed by atoms with E-state index < -0.39 is 0 Å². The number of anilines is 1. The van der Waals surface area contributed by atoms with Gasteiger partial charge in [0.2, 0.25) is 5.95 Å². The van der Waals surface area contributed by atoms with Crippen molar-refractivity contribution >= 4 is 34.9 Å². The lowest BCUT2D eigenvalue weighted by molar-refractivity contribution is 0.751. The minimum absolute atomic E-state index is 0.330. The fourth-order valence-corrected chi connectivity index (χ4v) is 2.94. The van der Waals surface area contributed by atoms with Crippen molar-refractivity contribution < 1.29 is 0 Å². The highest BCUT2D eigenvalue weighted by atomic mass is 32.2. The van der Waals surface area contributed by atoms with E-state index in [4.69, 9.17) is 18.0 Å². The minimum atomic E-state index is 0.330. The van der Waals surface area contributed by atoms with Gasteiger partial charge in [-0.15, -0.1) is 0 Å². The van der Waals surface area contributed by atoms with Crippen LogP contribution in [0, 0.1) is 6.92 Å². The summed E-state index contributed by atoms with van der Waals surface area (Å²) in [6, 6.07) is 1.83. The van der Waals surface area contributed by atoms with Crippen LogP contribution in [-0.2, 0) is 0 Å². The number of thiocarbonyl (C=S) groups is 1. The number of rotatable bonds is 2. The average molecular weight is 268 g/mol. The van der Waals surface area contributed by atoms with Crippen molar-refractivity contribution in [1.82, 2.24) is 9.97 Å². The van der Waals surface area contributed by atoms with E-state index in [1.807, 2.05) is 24.8 Å². The highest BCUT2D eigenvalue weighted by Crippen LogP contribution is 2.21. The highest BCUT2D eigenvalue weighted by molar-refractivity contribution is 8.00. The van der Waals surface area contributed by atoms with Gasteiger partial charge in [-0.25, -0.2) is 9.97 Å². The maximum Gasteiger partial charge on any atom is 0.226 e. The Morgan fingerprint density at radius 3 is 3.00 bits per heavy atom. The smallest absolute Gasteiger partial charge is 0.226 e. The second-order valence-electron chi connectivity index (χ2n) is 4.19. The second-order valence-corrected chi connectivity index (χ2v) is 6.17. The summed E-state index contributed by atoms with van der Waals surface area (Å²) < 4.78 is 0. The van der Waals surface area contributed by atoms with Crippen LogP contribution in [0.1, 0.15) is 18.3 Å². The Morgan fingerprint density at radius 1 is 1.59 bits per heavy atom. The van der Waals surface area contributed by atoms with Crippen molar-refractivity contribution in [3.63, 3.8) is 0 Å². The molecule has 0 radical (unpaired) electrons. The third kappa shape index (κ3) is 3.07. The van der Waals surface area contributed by atoms with Crippen LogP contribution in [-0.4, -0.2) is 39.0 Å². The molecule has 6 heteroatoms. The predicted molar refractivity (Wildman–Crippen MR) is 76.8 cm³/mol. The first-order valence-corrected chi connectivity index (χ1v) is 7.04. The van der Waals surface area contributed by atoms with Crippen molar-refractivity contribution in [1.29, 1.82) is 0 Å². The molecule has 0 bridgehead atoms. The molecule has 2 heterocycles. The monoisotopic (exact) mass is 268 g/mol. The lowest BCUT2D eigenvalue weighted by atomic mass is 10.3. The molecule has 1 aromatic heterocycles. The highest BCUT2D eigenvalue weighted by Gasteiger charge is 2.19. The Hall–Kier alpha value is -0.880. The van der Waals surface area contributed by atoms with Crippen molar-refractivity contribution in [2.75, 3.05) is 23.7 Å². The molecule has 4 nitrogen and oxygen atoms in total. The van der Waals surface area contributed by atoms with E-state index in [1.54, 1.807) is 0 Å². The number of hydrogen-bond acceptors (Lipinski definition) is 5. The molecule has 1 aliphatic rings. The molecule has 1 saturated heterocycles. The molecular weight excluding hydrogens is 252 g/mol. The quantitative estimate of drug-likeness (QED) is 0.817. The zero-order valence-electron chi connectivity index (χ0n) is 10.0. The first-order valence-electron chi connectivity index (χ1n) is 5.58. The van der Waals surface area contributed by atoms with Crippen LogP contribution < -0.4 is 10.6 Å². The fraction of sp³-hybridized carbons (Fsp3) is 0.545. The van der Waals surface area contributed by atoms with Crippen molar-refractivity contribution in [2.24, 2.45) is 5.73 Å². The van der Waals surface area contributed by atoms with E-state index in [1.165, 1.54) is 0 Å². The summed E-state index contributed by atoms with van der Waals surface area (Å²) in [5.41, 5.74) is 7.19. The van der Waals surface area contributed by atoms with E-state index in [-0.39, 0.29) is 0 Å². The molecule has 2 N–H and O–H groups in total. The summed E-state index contributed by atoms with van der Waals surface area (Å²) in [5, 5.41) is 0.612. The Balaban J connectivity index is 2.28. The van der Waals surface area contributed by atoms with Gasteiger partial charge in [-0.3, -0.25) is 0 Å². The minimum Gasteiger partial charge on any atom is -0.388 e. The van der Waals surface area contributed by atoms with E-state index in [0.29, 0.717) is 15.9 Å². The van der Waals surface area contributed by atoms with E-state index in [2.05, 4.69) is 21.8 Å². The molecule has 0 amide bonds. The van der Waals surface area contributed by atoms with Gasteiger partial charge in [0.15, 0.2) is 0 Å². The Bertz CT molecular complexity index is 435.